The minimum absolute atomic E-state index is 0.00310. The Morgan fingerprint density at radius 1 is 1.06 bits per heavy atom. The van der Waals surface area contributed by atoms with Crippen LogP contribution in [0.15, 0.2) is 123 Å². The van der Waals surface area contributed by atoms with E-state index in [0.717, 1.165) is 10.0 Å². The Kier molecular flexibility index (Phi) is 9.14. The molecule has 0 saturated carbocycles. The van der Waals surface area contributed by atoms with Crippen LogP contribution >= 0.6 is 27.3 Å². The number of methoxy groups -OCH3 is 1. The Morgan fingerprint density at radius 3 is 2.55 bits per heavy atom. The van der Waals surface area contributed by atoms with Crippen LogP contribution in [0.1, 0.15) is 29.7 Å². The van der Waals surface area contributed by atoms with Crippen LogP contribution in [0.25, 0.3) is 6.08 Å². The molecule has 1 N–H and O–H groups in total. The first-order chi connectivity index (χ1) is 22.7. The molecule has 1 aliphatic rings. The summed E-state index contributed by atoms with van der Waals surface area (Å²) in [6.45, 7) is 1.93. The van der Waals surface area contributed by atoms with Crippen molar-refractivity contribution in [2.75, 3.05) is 12.4 Å². The van der Waals surface area contributed by atoms with Gasteiger partial charge in [-0.1, -0.05) is 57.6 Å². The summed E-state index contributed by atoms with van der Waals surface area (Å²) in [5, 5.41) is 14.0. The lowest BCUT2D eigenvalue weighted by Crippen LogP contribution is -2.40. The number of anilines is 1. The summed E-state index contributed by atoms with van der Waals surface area (Å²) in [6.07, 6.45) is 1.74. The number of rotatable bonds is 9. The Balaban J connectivity index is 1.42. The first-order valence-corrected chi connectivity index (χ1v) is 16.0. The lowest BCUT2D eigenvalue weighted by Gasteiger charge is -2.25. The van der Waals surface area contributed by atoms with Crippen molar-refractivity contribution < 1.29 is 19.2 Å². The Morgan fingerprint density at radius 2 is 1.83 bits per heavy atom. The van der Waals surface area contributed by atoms with Crippen molar-refractivity contribution in [3.8, 4) is 11.5 Å². The molecule has 0 unspecified atom stereocenters. The molecule has 1 aromatic heterocycles. The molecule has 6 rings (SSSR count). The van der Waals surface area contributed by atoms with Gasteiger partial charge in [0.15, 0.2) is 4.80 Å². The molecule has 12 heteroatoms. The number of nitrogens with one attached hydrogen (secondary N) is 1. The molecule has 0 spiro atoms. The number of para-hydroxylation sites is 1. The van der Waals surface area contributed by atoms with Crippen LogP contribution in [0.2, 0.25) is 0 Å². The van der Waals surface area contributed by atoms with Crippen molar-refractivity contribution in [1.82, 2.24) is 4.57 Å². The SMILES string of the molecule is COc1cccc([C@@H]2C(C(=O)Nc3ccccc3)=C(C)N=c3s/c(=C\c4cc(Br)ccc4OCc4ccc([N+](=O)[O-])cc4)c(=O)n32)c1. The third-order valence-electron chi connectivity index (χ3n) is 7.51. The number of halogens is 1. The zero-order chi connectivity index (χ0) is 33.1. The fourth-order valence-electron chi connectivity index (χ4n) is 5.24. The second-order valence-electron chi connectivity index (χ2n) is 10.6. The maximum atomic E-state index is 14.2. The van der Waals surface area contributed by atoms with Gasteiger partial charge in [-0.05, 0) is 78.7 Å². The quantitative estimate of drug-likeness (QED) is 0.145. The summed E-state index contributed by atoms with van der Waals surface area (Å²) in [5.74, 6) is 0.736. The van der Waals surface area contributed by atoms with Crippen LogP contribution in [0, 0.1) is 10.1 Å². The molecule has 5 aromatic rings. The molecule has 0 aliphatic carbocycles. The van der Waals surface area contributed by atoms with Crippen molar-refractivity contribution >= 4 is 50.6 Å². The van der Waals surface area contributed by atoms with Gasteiger partial charge in [-0.2, -0.15) is 0 Å². The molecule has 47 heavy (non-hydrogen) atoms. The van der Waals surface area contributed by atoms with Gasteiger partial charge in [0.2, 0.25) is 0 Å². The fourth-order valence-corrected chi connectivity index (χ4v) is 6.65. The minimum atomic E-state index is -0.771. The van der Waals surface area contributed by atoms with Gasteiger partial charge in [0.05, 0.1) is 33.9 Å². The number of fused-ring (bicyclic) bond motifs is 1. The van der Waals surface area contributed by atoms with Gasteiger partial charge < -0.3 is 14.8 Å². The van der Waals surface area contributed by atoms with E-state index < -0.39 is 11.0 Å². The predicted molar refractivity (Wildman–Crippen MR) is 183 cm³/mol. The summed E-state index contributed by atoms with van der Waals surface area (Å²) in [5.41, 5.74) is 3.22. The van der Waals surface area contributed by atoms with Gasteiger partial charge >= 0.3 is 0 Å². The zero-order valence-electron chi connectivity index (χ0n) is 25.2. The number of nitro benzene ring substituents is 1. The van der Waals surface area contributed by atoms with Gasteiger partial charge in [-0.15, -0.1) is 0 Å². The predicted octanol–water partition coefficient (Wildman–Crippen LogP) is 6.13. The van der Waals surface area contributed by atoms with Gasteiger partial charge in [0.1, 0.15) is 18.1 Å². The first-order valence-electron chi connectivity index (χ1n) is 14.4. The minimum Gasteiger partial charge on any atom is -0.497 e. The van der Waals surface area contributed by atoms with E-state index in [0.29, 0.717) is 48.9 Å². The summed E-state index contributed by atoms with van der Waals surface area (Å²) in [4.78, 5) is 43.8. The molecule has 1 aliphatic heterocycles. The number of hydrogen-bond acceptors (Lipinski definition) is 8. The summed E-state index contributed by atoms with van der Waals surface area (Å²) < 4.78 is 14.3. The second kappa shape index (κ2) is 13.6. The number of benzene rings is 4. The van der Waals surface area contributed by atoms with E-state index in [1.807, 2.05) is 48.5 Å². The number of allylic oxidation sites excluding steroid dienone is 1. The number of carbonyl (C=O) groups is 1. The number of nitrogens with zero attached hydrogens (tertiary/aromatic N) is 3. The Bertz CT molecular complexity index is 2210. The topological polar surface area (TPSA) is 125 Å². The number of amides is 1. The molecular weight excluding hydrogens is 684 g/mol. The molecular formula is C35H27BrN4O6S. The van der Waals surface area contributed by atoms with E-state index in [1.54, 1.807) is 61.1 Å². The van der Waals surface area contributed by atoms with Crippen molar-refractivity contribution in [1.29, 1.82) is 0 Å². The van der Waals surface area contributed by atoms with E-state index in [-0.39, 0.29) is 23.8 Å². The lowest BCUT2D eigenvalue weighted by molar-refractivity contribution is -0.384. The van der Waals surface area contributed by atoms with Crippen LogP contribution in [0.3, 0.4) is 0 Å². The highest BCUT2D eigenvalue weighted by molar-refractivity contribution is 9.10. The highest BCUT2D eigenvalue weighted by Crippen LogP contribution is 2.32. The Labute approximate surface area is 281 Å². The van der Waals surface area contributed by atoms with Gasteiger partial charge in [0, 0.05) is 27.9 Å². The molecule has 1 amide bonds. The van der Waals surface area contributed by atoms with Crippen LogP contribution in [0.4, 0.5) is 11.4 Å². The van der Waals surface area contributed by atoms with E-state index in [1.165, 1.54) is 23.5 Å². The second-order valence-corrected chi connectivity index (χ2v) is 12.5. The molecule has 0 radical (unpaired) electrons. The number of nitro groups is 1. The van der Waals surface area contributed by atoms with Crippen LogP contribution in [-0.4, -0.2) is 22.5 Å². The summed E-state index contributed by atoms with van der Waals surface area (Å²) in [7, 11) is 1.56. The normalized spacial score (nSPS) is 14.3. The van der Waals surface area contributed by atoms with E-state index in [2.05, 4.69) is 21.2 Å². The third kappa shape index (κ3) is 6.79. The van der Waals surface area contributed by atoms with Crippen LogP contribution in [0.5, 0.6) is 11.5 Å². The maximum absolute atomic E-state index is 14.2. The van der Waals surface area contributed by atoms with E-state index in [4.69, 9.17) is 14.5 Å². The number of thiazole rings is 1. The van der Waals surface area contributed by atoms with Crippen LogP contribution < -0.4 is 29.7 Å². The van der Waals surface area contributed by atoms with Gasteiger partial charge in [0.25, 0.3) is 17.2 Å². The monoisotopic (exact) mass is 710 g/mol. The van der Waals surface area contributed by atoms with Crippen molar-refractivity contribution in [3.05, 3.63) is 159 Å². The maximum Gasteiger partial charge on any atom is 0.271 e. The molecule has 0 fully saturated rings. The first kappa shape index (κ1) is 31.6. The average Bonchev–Trinajstić information content (AvgIpc) is 3.37. The molecule has 236 valence electrons. The highest BCUT2D eigenvalue weighted by atomic mass is 79.9. The summed E-state index contributed by atoms with van der Waals surface area (Å²) >= 11 is 4.73. The van der Waals surface area contributed by atoms with Crippen molar-refractivity contribution in [2.24, 2.45) is 4.99 Å². The molecule has 0 saturated heterocycles. The van der Waals surface area contributed by atoms with Crippen molar-refractivity contribution in [2.45, 2.75) is 19.6 Å². The number of carbonyl (C=O) groups excluding carboxylic acids is 1. The standard InChI is InChI=1S/C35H27BrN4O6S/c1-21-31(33(41)38-26-8-4-3-5-9-26)32(23-7-6-10-28(18-23)45-2)39-34(42)30(47-35(39)37-21)19-24-17-25(36)13-16-29(24)46-20-22-11-14-27(15-12-22)40(43)44/h3-19,32H,20H2,1-2H3,(H,38,41)/b30-19-/t32-/m1/s1. The highest BCUT2D eigenvalue weighted by Gasteiger charge is 2.33. The number of hydrogen-bond donors (Lipinski definition) is 1. The summed E-state index contributed by atoms with van der Waals surface area (Å²) in [6, 6.07) is 27.2. The zero-order valence-corrected chi connectivity index (χ0v) is 27.6. The van der Waals surface area contributed by atoms with Crippen LogP contribution in [-0.2, 0) is 11.4 Å². The molecule has 10 nitrogen and oxygen atoms in total. The fraction of sp³-hybridized carbons (Fsp3) is 0.114. The average molecular weight is 712 g/mol. The van der Waals surface area contributed by atoms with Gasteiger partial charge in [-0.3, -0.25) is 24.3 Å². The number of ether oxygens (including phenoxy) is 2. The molecule has 2 heterocycles. The molecule has 1 atom stereocenters. The Hall–Kier alpha value is -5.33. The van der Waals surface area contributed by atoms with E-state index in [9.17, 15) is 19.7 Å². The largest absolute Gasteiger partial charge is 0.497 e. The van der Waals surface area contributed by atoms with Gasteiger partial charge in [-0.25, -0.2) is 4.99 Å². The smallest absolute Gasteiger partial charge is 0.271 e. The van der Waals surface area contributed by atoms with Crippen molar-refractivity contribution in [3.63, 3.8) is 0 Å². The lowest BCUT2D eigenvalue weighted by atomic mass is 9.95. The number of aromatic nitrogens is 1. The molecule has 0 bridgehead atoms. The molecule has 4 aromatic carbocycles. The third-order valence-corrected chi connectivity index (χ3v) is 8.98. The van der Waals surface area contributed by atoms with E-state index >= 15 is 0 Å². The number of non-ortho nitro benzene ring substituents is 1.